The van der Waals surface area contributed by atoms with Gasteiger partial charge in [-0.3, -0.25) is 9.69 Å². The van der Waals surface area contributed by atoms with E-state index in [4.69, 9.17) is 17.0 Å². The fourth-order valence-corrected chi connectivity index (χ4v) is 3.99. The van der Waals surface area contributed by atoms with Crippen molar-refractivity contribution in [2.24, 2.45) is 0 Å². The first-order chi connectivity index (χ1) is 12.6. The monoisotopic (exact) mass is 447 g/mol. The molecule has 1 amide bonds. The van der Waals surface area contributed by atoms with E-state index in [1.165, 1.54) is 11.8 Å². The van der Waals surface area contributed by atoms with Gasteiger partial charge >= 0.3 is 0 Å². The molecule has 1 heterocycles. The molecule has 1 fully saturated rings. The quantitative estimate of drug-likeness (QED) is 0.307. The van der Waals surface area contributed by atoms with Crippen LogP contribution in [-0.2, 0) is 4.79 Å². The predicted molar refractivity (Wildman–Crippen MR) is 117 cm³/mol. The fraction of sp³-hybridized carbons (Fsp3) is 0.200. The van der Waals surface area contributed by atoms with Crippen molar-refractivity contribution < 1.29 is 9.53 Å². The van der Waals surface area contributed by atoms with E-state index in [2.05, 4.69) is 22.9 Å². The van der Waals surface area contributed by atoms with E-state index in [9.17, 15) is 4.79 Å². The van der Waals surface area contributed by atoms with Crippen LogP contribution in [0, 0.1) is 0 Å². The molecule has 0 aromatic heterocycles. The summed E-state index contributed by atoms with van der Waals surface area (Å²) < 4.78 is 7.17. The predicted octanol–water partition coefficient (Wildman–Crippen LogP) is 6.03. The Labute approximate surface area is 171 Å². The van der Waals surface area contributed by atoms with Crippen molar-refractivity contribution >= 4 is 61.9 Å². The minimum Gasteiger partial charge on any atom is -0.494 e. The van der Waals surface area contributed by atoms with Gasteiger partial charge < -0.3 is 4.74 Å². The molecule has 0 unspecified atom stereocenters. The van der Waals surface area contributed by atoms with Crippen LogP contribution in [0.4, 0.5) is 5.69 Å². The van der Waals surface area contributed by atoms with Crippen molar-refractivity contribution in [2.75, 3.05) is 11.5 Å². The number of anilines is 1. The van der Waals surface area contributed by atoms with Crippen molar-refractivity contribution in [1.29, 1.82) is 0 Å². The summed E-state index contributed by atoms with van der Waals surface area (Å²) in [6.45, 7) is 2.86. The van der Waals surface area contributed by atoms with E-state index >= 15 is 0 Å². The number of rotatable bonds is 6. The smallest absolute Gasteiger partial charge is 0.270 e. The normalized spacial score (nSPS) is 15.8. The van der Waals surface area contributed by atoms with Crippen LogP contribution in [0.15, 0.2) is 57.9 Å². The number of benzene rings is 2. The van der Waals surface area contributed by atoms with Crippen molar-refractivity contribution in [3.8, 4) is 5.75 Å². The Hall–Kier alpha value is -1.63. The second-order valence-electron chi connectivity index (χ2n) is 5.76. The lowest BCUT2D eigenvalue weighted by molar-refractivity contribution is -0.113. The summed E-state index contributed by atoms with van der Waals surface area (Å²) in [5, 5.41) is 0. The number of carbonyl (C=O) groups is 1. The van der Waals surface area contributed by atoms with Gasteiger partial charge in [0.1, 0.15) is 5.75 Å². The molecule has 2 aromatic carbocycles. The summed E-state index contributed by atoms with van der Waals surface area (Å²) in [4.78, 5) is 15.0. The van der Waals surface area contributed by atoms with Crippen LogP contribution in [-0.4, -0.2) is 16.8 Å². The Morgan fingerprint density at radius 3 is 2.50 bits per heavy atom. The first-order valence-corrected chi connectivity index (χ1v) is 10.4. The van der Waals surface area contributed by atoms with E-state index in [0.29, 0.717) is 9.23 Å². The molecular formula is C20H18BrNO2S2. The first-order valence-electron chi connectivity index (χ1n) is 8.35. The lowest BCUT2D eigenvalue weighted by Gasteiger charge is -2.14. The molecule has 134 valence electrons. The van der Waals surface area contributed by atoms with Crippen LogP contribution >= 0.6 is 39.9 Å². The molecule has 0 atom stereocenters. The second-order valence-corrected chi connectivity index (χ2v) is 8.36. The number of hydrogen-bond acceptors (Lipinski definition) is 4. The highest BCUT2D eigenvalue weighted by atomic mass is 79.9. The molecule has 0 bridgehead atoms. The second kappa shape index (κ2) is 8.84. The third-order valence-corrected chi connectivity index (χ3v) is 5.65. The molecule has 3 nitrogen and oxygen atoms in total. The van der Waals surface area contributed by atoms with Crippen LogP contribution in [0.1, 0.15) is 25.3 Å². The number of halogens is 1. The lowest BCUT2D eigenvalue weighted by atomic mass is 10.2. The largest absolute Gasteiger partial charge is 0.494 e. The molecule has 6 heteroatoms. The Balaban J connectivity index is 1.74. The molecule has 1 aliphatic rings. The molecule has 26 heavy (non-hydrogen) atoms. The molecule has 0 spiro atoms. The van der Waals surface area contributed by atoms with Crippen LogP contribution in [0.5, 0.6) is 5.75 Å². The fourth-order valence-electron chi connectivity index (χ4n) is 2.43. The van der Waals surface area contributed by atoms with E-state index < -0.39 is 0 Å². The Kier molecular flexibility index (Phi) is 6.51. The zero-order chi connectivity index (χ0) is 18.5. The average molecular weight is 448 g/mol. The van der Waals surface area contributed by atoms with Gasteiger partial charge in [0, 0.05) is 4.47 Å². The van der Waals surface area contributed by atoms with E-state index in [-0.39, 0.29) is 5.91 Å². The summed E-state index contributed by atoms with van der Waals surface area (Å²) in [6, 6.07) is 15.3. The Morgan fingerprint density at radius 1 is 1.15 bits per heavy atom. The summed E-state index contributed by atoms with van der Waals surface area (Å²) in [7, 11) is 0. The lowest BCUT2D eigenvalue weighted by Crippen LogP contribution is -2.27. The number of thioether (sulfide) groups is 1. The van der Waals surface area contributed by atoms with E-state index in [1.807, 2.05) is 54.6 Å². The molecule has 0 N–H and O–H groups in total. The average Bonchev–Trinajstić information content (AvgIpc) is 2.91. The number of unbranched alkanes of at least 4 members (excludes halogenated alkanes) is 1. The van der Waals surface area contributed by atoms with Crippen molar-refractivity contribution in [1.82, 2.24) is 0 Å². The van der Waals surface area contributed by atoms with Crippen LogP contribution in [0.25, 0.3) is 6.08 Å². The van der Waals surface area contributed by atoms with Crippen molar-refractivity contribution in [3.63, 3.8) is 0 Å². The third-order valence-electron chi connectivity index (χ3n) is 3.82. The van der Waals surface area contributed by atoms with Gasteiger partial charge in [-0.2, -0.15) is 0 Å². The van der Waals surface area contributed by atoms with E-state index in [0.717, 1.165) is 40.9 Å². The van der Waals surface area contributed by atoms with Gasteiger partial charge in [0.2, 0.25) is 0 Å². The zero-order valence-corrected chi connectivity index (χ0v) is 17.5. The highest BCUT2D eigenvalue weighted by molar-refractivity contribution is 9.10. The minimum atomic E-state index is -0.0920. The summed E-state index contributed by atoms with van der Waals surface area (Å²) >= 11 is 10.1. The van der Waals surface area contributed by atoms with Gasteiger partial charge in [-0.1, -0.05) is 65.4 Å². The molecule has 0 aliphatic carbocycles. The van der Waals surface area contributed by atoms with Gasteiger partial charge in [0.25, 0.3) is 5.91 Å². The molecule has 1 saturated heterocycles. The maximum atomic E-state index is 12.8. The van der Waals surface area contributed by atoms with Crippen molar-refractivity contribution in [2.45, 2.75) is 19.8 Å². The molecule has 0 radical (unpaired) electrons. The summed E-state index contributed by atoms with van der Waals surface area (Å²) in [5.41, 5.74) is 1.72. The highest BCUT2D eigenvalue weighted by Gasteiger charge is 2.33. The maximum Gasteiger partial charge on any atom is 0.270 e. The highest BCUT2D eigenvalue weighted by Crippen LogP contribution is 2.36. The van der Waals surface area contributed by atoms with Crippen LogP contribution < -0.4 is 9.64 Å². The van der Waals surface area contributed by atoms with E-state index in [1.54, 1.807) is 4.90 Å². The Morgan fingerprint density at radius 2 is 1.85 bits per heavy atom. The Bertz CT molecular complexity index is 832. The number of ether oxygens (including phenoxy) is 1. The first kappa shape index (κ1) is 19.1. The van der Waals surface area contributed by atoms with Gasteiger partial charge in [-0.05, 0) is 54.5 Å². The minimum absolute atomic E-state index is 0.0920. The van der Waals surface area contributed by atoms with Gasteiger partial charge in [0.05, 0.1) is 17.2 Å². The number of nitrogens with zero attached hydrogens (tertiary/aromatic N) is 1. The molecule has 2 aromatic rings. The standard InChI is InChI=1S/C20H18BrNO2S2/c1-2-3-12-24-17-10-4-14(5-11-17)13-18-19(23)22(20(25)26-18)16-8-6-15(21)7-9-16/h4-11,13H,2-3,12H2,1H3/b18-13-. The van der Waals surface area contributed by atoms with Crippen molar-refractivity contribution in [3.05, 3.63) is 63.5 Å². The number of thiocarbonyl (C=S) groups is 1. The van der Waals surface area contributed by atoms with Gasteiger partial charge in [-0.25, -0.2) is 0 Å². The topological polar surface area (TPSA) is 29.5 Å². The molecule has 0 saturated carbocycles. The third kappa shape index (κ3) is 4.55. The number of hydrogen-bond donors (Lipinski definition) is 0. The summed E-state index contributed by atoms with van der Waals surface area (Å²) in [6.07, 6.45) is 4.02. The summed E-state index contributed by atoms with van der Waals surface area (Å²) in [5.74, 6) is 0.753. The van der Waals surface area contributed by atoms with Crippen LogP contribution in [0.3, 0.4) is 0 Å². The zero-order valence-electron chi connectivity index (χ0n) is 14.3. The van der Waals surface area contributed by atoms with Gasteiger partial charge in [0.15, 0.2) is 4.32 Å². The number of carbonyl (C=O) groups excluding carboxylic acids is 1. The molecular weight excluding hydrogens is 430 g/mol. The molecule has 3 rings (SSSR count). The maximum absolute atomic E-state index is 12.8. The van der Waals surface area contributed by atoms with Gasteiger partial charge in [-0.15, -0.1) is 0 Å². The van der Waals surface area contributed by atoms with Crippen LogP contribution in [0.2, 0.25) is 0 Å². The molecule has 1 aliphatic heterocycles. The SMILES string of the molecule is CCCCOc1ccc(/C=C2\SC(=S)N(c3ccc(Br)cc3)C2=O)cc1. The number of amides is 1.